The number of aryl methyl sites for hydroxylation is 2. The molecule has 0 aromatic carbocycles. The lowest BCUT2D eigenvalue weighted by atomic mass is 9.96. The summed E-state index contributed by atoms with van der Waals surface area (Å²) in [7, 11) is 1.88. The molecule has 0 spiro atoms. The predicted octanol–water partition coefficient (Wildman–Crippen LogP) is 1.75. The molecule has 5 rings (SSSR count). The molecule has 3 aromatic rings. The first kappa shape index (κ1) is 15.7. The second kappa shape index (κ2) is 5.77. The van der Waals surface area contributed by atoms with Crippen molar-refractivity contribution < 1.29 is 4.79 Å². The molecule has 0 N–H and O–H groups in total. The third kappa shape index (κ3) is 2.39. The molecule has 0 atom stereocenters. The van der Waals surface area contributed by atoms with Crippen molar-refractivity contribution in [1.29, 1.82) is 0 Å². The lowest BCUT2D eigenvalue weighted by Crippen LogP contribution is -2.55. The van der Waals surface area contributed by atoms with Crippen molar-refractivity contribution >= 4 is 34.1 Å². The molecule has 5 heterocycles. The van der Waals surface area contributed by atoms with Crippen molar-refractivity contribution in [1.82, 2.24) is 24.6 Å². The fraction of sp³-hybridized carbons (Fsp3) is 0.444. The number of anilines is 1. The minimum absolute atomic E-state index is 0.0529. The molecule has 3 aromatic heterocycles. The van der Waals surface area contributed by atoms with E-state index in [1.807, 2.05) is 25.1 Å². The molecule has 0 unspecified atom stereocenters. The summed E-state index contributed by atoms with van der Waals surface area (Å²) in [5.41, 5.74) is 2.15. The standard InChI is InChI=1S/C18H20N6OS/c1-11-20-16-14(7-19-22(16)2)17(21-11)24-9-13(10-24)18(25)23-5-3-15-12(8-23)4-6-26-15/h4,6-7,13H,3,5,8-10H2,1-2H3. The SMILES string of the molecule is Cc1nc(N2CC(C(=O)N3CCc4sccc4C3)C2)c2cnn(C)c2n1. The topological polar surface area (TPSA) is 67.2 Å². The van der Waals surface area contributed by atoms with Gasteiger partial charge in [-0.3, -0.25) is 9.48 Å². The highest BCUT2D eigenvalue weighted by Crippen LogP contribution is 2.31. The van der Waals surface area contributed by atoms with E-state index < -0.39 is 0 Å². The van der Waals surface area contributed by atoms with Gasteiger partial charge >= 0.3 is 0 Å². The van der Waals surface area contributed by atoms with Gasteiger partial charge in [-0.25, -0.2) is 9.97 Å². The lowest BCUT2D eigenvalue weighted by Gasteiger charge is -2.42. The number of hydrogen-bond donors (Lipinski definition) is 0. The molecule has 0 aliphatic carbocycles. The van der Waals surface area contributed by atoms with Crippen LogP contribution in [-0.2, 0) is 24.8 Å². The van der Waals surface area contributed by atoms with Crippen molar-refractivity contribution in [2.24, 2.45) is 13.0 Å². The Bertz CT molecular complexity index is 1000. The molecular formula is C18H20N6OS. The second-order valence-corrected chi connectivity index (χ2v) is 8.08. The Kier molecular flexibility index (Phi) is 3.49. The van der Waals surface area contributed by atoms with Gasteiger partial charge in [-0.15, -0.1) is 11.3 Å². The van der Waals surface area contributed by atoms with E-state index in [0.717, 1.165) is 42.2 Å². The maximum Gasteiger partial charge on any atom is 0.229 e. The van der Waals surface area contributed by atoms with Gasteiger partial charge in [0.05, 0.1) is 17.5 Å². The van der Waals surface area contributed by atoms with Crippen LogP contribution in [0.2, 0.25) is 0 Å². The van der Waals surface area contributed by atoms with Crippen LogP contribution >= 0.6 is 11.3 Å². The monoisotopic (exact) mass is 368 g/mol. The molecule has 8 heteroatoms. The number of amides is 1. The Hall–Kier alpha value is -2.48. The van der Waals surface area contributed by atoms with E-state index in [2.05, 4.69) is 31.4 Å². The number of rotatable bonds is 2. The molecule has 1 amide bonds. The third-order valence-electron chi connectivity index (χ3n) is 5.33. The van der Waals surface area contributed by atoms with Crippen LogP contribution in [0.1, 0.15) is 16.3 Å². The molecule has 26 heavy (non-hydrogen) atoms. The smallest absolute Gasteiger partial charge is 0.229 e. The highest BCUT2D eigenvalue weighted by Gasteiger charge is 2.38. The Labute approximate surface area is 155 Å². The van der Waals surface area contributed by atoms with Crippen molar-refractivity contribution in [3.8, 4) is 0 Å². The summed E-state index contributed by atoms with van der Waals surface area (Å²) in [4.78, 5) is 27.6. The van der Waals surface area contributed by atoms with Gasteiger partial charge in [0, 0.05) is 38.1 Å². The van der Waals surface area contributed by atoms with Crippen LogP contribution in [0.25, 0.3) is 11.0 Å². The minimum Gasteiger partial charge on any atom is -0.354 e. The van der Waals surface area contributed by atoms with Crippen molar-refractivity contribution in [3.05, 3.63) is 33.9 Å². The van der Waals surface area contributed by atoms with Crippen LogP contribution in [0.4, 0.5) is 5.82 Å². The fourth-order valence-corrected chi connectivity index (χ4v) is 4.75. The number of hydrogen-bond acceptors (Lipinski definition) is 6. The molecule has 1 fully saturated rings. The summed E-state index contributed by atoms with van der Waals surface area (Å²) in [5.74, 6) is 1.94. The zero-order valence-electron chi connectivity index (χ0n) is 14.8. The maximum atomic E-state index is 12.9. The quantitative estimate of drug-likeness (QED) is 0.689. The molecule has 134 valence electrons. The van der Waals surface area contributed by atoms with Crippen molar-refractivity contribution in [3.63, 3.8) is 0 Å². The summed E-state index contributed by atoms with van der Waals surface area (Å²) in [6, 6.07) is 2.15. The van der Waals surface area contributed by atoms with E-state index in [4.69, 9.17) is 0 Å². The van der Waals surface area contributed by atoms with Gasteiger partial charge in [-0.05, 0) is 30.4 Å². The fourth-order valence-electron chi connectivity index (χ4n) is 3.86. The highest BCUT2D eigenvalue weighted by molar-refractivity contribution is 7.10. The summed E-state index contributed by atoms with van der Waals surface area (Å²) in [6.45, 7) is 4.92. The summed E-state index contributed by atoms with van der Waals surface area (Å²) in [6.07, 6.45) is 2.79. The normalized spacial score (nSPS) is 17.5. The highest BCUT2D eigenvalue weighted by atomic mass is 32.1. The van der Waals surface area contributed by atoms with Crippen LogP contribution in [-0.4, -0.2) is 50.2 Å². The second-order valence-electron chi connectivity index (χ2n) is 7.08. The van der Waals surface area contributed by atoms with E-state index in [0.29, 0.717) is 13.1 Å². The van der Waals surface area contributed by atoms with Crippen LogP contribution in [0.5, 0.6) is 0 Å². The Morgan fingerprint density at radius 3 is 3.00 bits per heavy atom. The maximum absolute atomic E-state index is 12.9. The minimum atomic E-state index is 0.0529. The van der Waals surface area contributed by atoms with Gasteiger partial charge < -0.3 is 9.80 Å². The average Bonchev–Trinajstić information content (AvgIpc) is 3.19. The summed E-state index contributed by atoms with van der Waals surface area (Å²) >= 11 is 1.80. The number of carbonyl (C=O) groups is 1. The molecule has 0 bridgehead atoms. The van der Waals surface area contributed by atoms with E-state index in [9.17, 15) is 4.79 Å². The first-order valence-corrected chi connectivity index (χ1v) is 9.73. The Balaban J connectivity index is 1.31. The predicted molar refractivity (Wildman–Crippen MR) is 100 cm³/mol. The van der Waals surface area contributed by atoms with Crippen LogP contribution < -0.4 is 4.90 Å². The van der Waals surface area contributed by atoms with E-state index in [1.165, 1.54) is 10.4 Å². The van der Waals surface area contributed by atoms with Gasteiger partial charge in [0.25, 0.3) is 0 Å². The summed E-state index contributed by atoms with van der Waals surface area (Å²) in [5, 5.41) is 7.37. The largest absolute Gasteiger partial charge is 0.354 e. The number of aromatic nitrogens is 4. The van der Waals surface area contributed by atoms with E-state index in [1.54, 1.807) is 16.0 Å². The molecule has 2 aliphatic rings. The van der Waals surface area contributed by atoms with Gasteiger partial charge in [-0.1, -0.05) is 0 Å². The summed E-state index contributed by atoms with van der Waals surface area (Å²) < 4.78 is 1.77. The van der Waals surface area contributed by atoms with Gasteiger partial charge in [0.15, 0.2) is 5.65 Å². The Morgan fingerprint density at radius 2 is 2.15 bits per heavy atom. The zero-order chi connectivity index (χ0) is 17.8. The first-order valence-electron chi connectivity index (χ1n) is 8.85. The van der Waals surface area contributed by atoms with Gasteiger partial charge in [-0.2, -0.15) is 5.10 Å². The van der Waals surface area contributed by atoms with Crippen LogP contribution in [0.15, 0.2) is 17.6 Å². The molecule has 1 saturated heterocycles. The Morgan fingerprint density at radius 1 is 1.31 bits per heavy atom. The van der Waals surface area contributed by atoms with Gasteiger partial charge in [0.2, 0.25) is 5.91 Å². The molecular weight excluding hydrogens is 348 g/mol. The van der Waals surface area contributed by atoms with E-state index >= 15 is 0 Å². The first-order chi connectivity index (χ1) is 12.6. The number of carbonyl (C=O) groups excluding carboxylic acids is 1. The molecule has 7 nitrogen and oxygen atoms in total. The zero-order valence-corrected chi connectivity index (χ0v) is 15.7. The third-order valence-corrected chi connectivity index (χ3v) is 6.36. The van der Waals surface area contributed by atoms with Gasteiger partial charge in [0.1, 0.15) is 11.6 Å². The number of fused-ring (bicyclic) bond motifs is 2. The average molecular weight is 368 g/mol. The molecule has 0 radical (unpaired) electrons. The number of nitrogens with zero attached hydrogens (tertiary/aromatic N) is 6. The number of thiophene rings is 1. The molecule has 0 saturated carbocycles. The van der Waals surface area contributed by atoms with Crippen LogP contribution in [0, 0.1) is 12.8 Å². The molecule has 2 aliphatic heterocycles. The van der Waals surface area contributed by atoms with Crippen molar-refractivity contribution in [2.45, 2.75) is 19.9 Å². The van der Waals surface area contributed by atoms with Crippen molar-refractivity contribution in [2.75, 3.05) is 24.5 Å². The van der Waals surface area contributed by atoms with E-state index in [-0.39, 0.29) is 11.8 Å². The van der Waals surface area contributed by atoms with Crippen LogP contribution in [0.3, 0.4) is 0 Å². The lowest BCUT2D eigenvalue weighted by molar-refractivity contribution is -0.137.